The summed E-state index contributed by atoms with van der Waals surface area (Å²) in [6.45, 7) is 5.38. The van der Waals surface area contributed by atoms with Crippen LogP contribution in [0.2, 0.25) is 0 Å². The molecule has 0 amide bonds. The maximum atomic E-state index is 12.5. The van der Waals surface area contributed by atoms with E-state index >= 15 is 0 Å². The average Bonchev–Trinajstić information content (AvgIpc) is 2.38. The molecule has 6 nitrogen and oxygen atoms in total. The molecule has 112 valence electrons. The third kappa shape index (κ3) is 4.15. The van der Waals surface area contributed by atoms with Gasteiger partial charge < -0.3 is 5.11 Å². The van der Waals surface area contributed by atoms with E-state index in [1.807, 2.05) is 13.8 Å². The quantitative estimate of drug-likeness (QED) is 0.763. The Kier molecular flexibility index (Phi) is 6.22. The second-order valence-electron chi connectivity index (χ2n) is 4.94. The normalized spacial score (nSPS) is 21.7. The summed E-state index contributed by atoms with van der Waals surface area (Å²) in [4.78, 5) is 11.0. The molecule has 1 unspecified atom stereocenters. The van der Waals surface area contributed by atoms with Crippen molar-refractivity contribution in [3.8, 4) is 0 Å². The van der Waals surface area contributed by atoms with E-state index in [0.29, 0.717) is 32.5 Å². The summed E-state index contributed by atoms with van der Waals surface area (Å²) in [6, 6.07) is 0. The van der Waals surface area contributed by atoms with Crippen LogP contribution in [0.1, 0.15) is 39.5 Å². The molecule has 1 rings (SSSR count). The van der Waals surface area contributed by atoms with Gasteiger partial charge in [-0.3, -0.25) is 4.79 Å². The molecule has 19 heavy (non-hydrogen) atoms. The van der Waals surface area contributed by atoms with Gasteiger partial charge in [-0.05, 0) is 25.7 Å². The third-order valence-electron chi connectivity index (χ3n) is 3.33. The smallest absolute Gasteiger partial charge is 0.307 e. The standard InChI is InChI=1S/C12H24N2O4S/c1-3-7-13(8-4-2)19(17,18)14-9-5-6-11(10-14)12(15)16/h11H,3-10H2,1-2H3,(H,15,16). The fraction of sp³-hybridized carbons (Fsp3) is 0.917. The van der Waals surface area contributed by atoms with Crippen LogP contribution in [0.5, 0.6) is 0 Å². The molecule has 0 aromatic carbocycles. The van der Waals surface area contributed by atoms with Gasteiger partial charge in [0.2, 0.25) is 0 Å². The first-order valence-electron chi connectivity index (χ1n) is 6.91. The molecular weight excluding hydrogens is 268 g/mol. The number of carboxylic acid groups (broad SMARTS) is 1. The number of aliphatic carboxylic acids is 1. The average molecular weight is 292 g/mol. The lowest BCUT2D eigenvalue weighted by molar-refractivity contribution is -0.142. The van der Waals surface area contributed by atoms with Gasteiger partial charge in [0, 0.05) is 26.2 Å². The van der Waals surface area contributed by atoms with E-state index in [2.05, 4.69) is 0 Å². The van der Waals surface area contributed by atoms with Crippen LogP contribution in [-0.4, -0.2) is 54.3 Å². The monoisotopic (exact) mass is 292 g/mol. The van der Waals surface area contributed by atoms with Crippen LogP contribution in [0.25, 0.3) is 0 Å². The summed E-state index contributed by atoms with van der Waals surface area (Å²) in [6.07, 6.45) is 2.69. The highest BCUT2D eigenvalue weighted by Gasteiger charge is 2.35. The Morgan fingerprint density at radius 1 is 1.32 bits per heavy atom. The topological polar surface area (TPSA) is 77.9 Å². The van der Waals surface area contributed by atoms with Crippen molar-refractivity contribution >= 4 is 16.2 Å². The fourth-order valence-corrected chi connectivity index (χ4v) is 4.24. The highest BCUT2D eigenvalue weighted by Crippen LogP contribution is 2.21. The number of nitrogens with zero attached hydrogens (tertiary/aromatic N) is 2. The molecule has 1 saturated heterocycles. The first-order valence-corrected chi connectivity index (χ1v) is 8.31. The van der Waals surface area contributed by atoms with Crippen molar-refractivity contribution in [2.24, 2.45) is 5.92 Å². The summed E-state index contributed by atoms with van der Waals surface area (Å²) in [5.41, 5.74) is 0. The number of piperidine rings is 1. The van der Waals surface area contributed by atoms with Crippen molar-refractivity contribution < 1.29 is 18.3 Å². The molecule has 0 spiro atoms. The molecular formula is C12H24N2O4S. The van der Waals surface area contributed by atoms with Crippen LogP contribution < -0.4 is 0 Å². The van der Waals surface area contributed by atoms with Gasteiger partial charge in [-0.1, -0.05) is 13.8 Å². The van der Waals surface area contributed by atoms with Gasteiger partial charge in [-0.15, -0.1) is 0 Å². The number of carboxylic acids is 1. The Labute approximate surface area is 115 Å². The van der Waals surface area contributed by atoms with Crippen LogP contribution in [-0.2, 0) is 15.0 Å². The predicted molar refractivity (Wildman–Crippen MR) is 73.0 cm³/mol. The van der Waals surface area contributed by atoms with Crippen LogP contribution in [0.15, 0.2) is 0 Å². The van der Waals surface area contributed by atoms with E-state index in [0.717, 1.165) is 12.8 Å². The number of rotatable bonds is 7. The van der Waals surface area contributed by atoms with Crippen LogP contribution >= 0.6 is 0 Å². The van der Waals surface area contributed by atoms with Crippen molar-refractivity contribution in [2.45, 2.75) is 39.5 Å². The van der Waals surface area contributed by atoms with Gasteiger partial charge >= 0.3 is 5.97 Å². The van der Waals surface area contributed by atoms with Gasteiger partial charge in [0.1, 0.15) is 0 Å². The van der Waals surface area contributed by atoms with E-state index in [4.69, 9.17) is 5.11 Å². The van der Waals surface area contributed by atoms with E-state index < -0.39 is 22.1 Å². The minimum Gasteiger partial charge on any atom is -0.481 e. The Morgan fingerprint density at radius 3 is 2.37 bits per heavy atom. The summed E-state index contributed by atoms with van der Waals surface area (Å²) in [5.74, 6) is -1.48. The van der Waals surface area contributed by atoms with Crippen LogP contribution in [0.3, 0.4) is 0 Å². The van der Waals surface area contributed by atoms with E-state index in [9.17, 15) is 13.2 Å². The third-order valence-corrected chi connectivity index (χ3v) is 5.33. The molecule has 1 aliphatic rings. The molecule has 7 heteroatoms. The molecule has 1 atom stereocenters. The van der Waals surface area contributed by atoms with E-state index in [-0.39, 0.29) is 6.54 Å². The van der Waals surface area contributed by atoms with Crippen molar-refractivity contribution in [3.63, 3.8) is 0 Å². The highest BCUT2D eigenvalue weighted by atomic mass is 32.2. The zero-order valence-electron chi connectivity index (χ0n) is 11.7. The maximum absolute atomic E-state index is 12.5. The fourth-order valence-electron chi connectivity index (χ4n) is 2.36. The summed E-state index contributed by atoms with van der Waals surface area (Å²) in [7, 11) is -3.51. The second kappa shape index (κ2) is 7.21. The minimum absolute atomic E-state index is 0.0988. The lowest BCUT2D eigenvalue weighted by Crippen LogP contribution is -2.49. The summed E-state index contributed by atoms with van der Waals surface area (Å²) in [5, 5.41) is 9.03. The van der Waals surface area contributed by atoms with Gasteiger partial charge in [0.15, 0.2) is 0 Å². The molecule has 0 aliphatic carbocycles. The maximum Gasteiger partial charge on any atom is 0.307 e. The van der Waals surface area contributed by atoms with E-state index in [1.54, 1.807) is 0 Å². The second-order valence-corrected chi connectivity index (χ2v) is 6.87. The van der Waals surface area contributed by atoms with Gasteiger partial charge in [-0.25, -0.2) is 0 Å². The SMILES string of the molecule is CCCN(CCC)S(=O)(=O)N1CCCC(C(=O)O)C1. The number of hydrogen-bond acceptors (Lipinski definition) is 3. The van der Waals surface area contributed by atoms with Crippen LogP contribution in [0.4, 0.5) is 0 Å². The molecule has 1 aliphatic heterocycles. The Morgan fingerprint density at radius 2 is 1.89 bits per heavy atom. The molecule has 1 heterocycles. The molecule has 0 radical (unpaired) electrons. The molecule has 0 bridgehead atoms. The first kappa shape index (κ1) is 16.4. The molecule has 1 N–H and O–H groups in total. The molecule has 0 saturated carbocycles. The van der Waals surface area contributed by atoms with Crippen molar-refractivity contribution in [3.05, 3.63) is 0 Å². The largest absolute Gasteiger partial charge is 0.481 e. The lowest BCUT2D eigenvalue weighted by Gasteiger charge is -2.34. The van der Waals surface area contributed by atoms with Crippen molar-refractivity contribution in [2.75, 3.05) is 26.2 Å². The zero-order chi connectivity index (χ0) is 14.5. The summed E-state index contributed by atoms with van der Waals surface area (Å²) < 4.78 is 27.8. The van der Waals surface area contributed by atoms with E-state index in [1.165, 1.54) is 8.61 Å². The van der Waals surface area contributed by atoms with Gasteiger partial charge in [0.25, 0.3) is 10.2 Å². The number of carbonyl (C=O) groups is 1. The van der Waals surface area contributed by atoms with Gasteiger partial charge in [-0.2, -0.15) is 17.0 Å². The molecule has 0 aromatic heterocycles. The highest BCUT2D eigenvalue weighted by molar-refractivity contribution is 7.86. The first-order chi connectivity index (χ1) is 8.93. The Bertz CT molecular complexity index is 391. The molecule has 1 fully saturated rings. The zero-order valence-corrected chi connectivity index (χ0v) is 12.5. The van der Waals surface area contributed by atoms with Crippen LogP contribution in [0, 0.1) is 5.92 Å². The Balaban J connectivity index is 2.82. The number of hydrogen-bond donors (Lipinski definition) is 1. The van der Waals surface area contributed by atoms with Crippen molar-refractivity contribution in [1.29, 1.82) is 0 Å². The van der Waals surface area contributed by atoms with Gasteiger partial charge in [0.05, 0.1) is 5.92 Å². The lowest BCUT2D eigenvalue weighted by atomic mass is 10.0. The summed E-state index contributed by atoms with van der Waals surface area (Å²) >= 11 is 0. The predicted octanol–water partition coefficient (Wildman–Crippen LogP) is 1.15. The molecule has 0 aromatic rings. The minimum atomic E-state index is -3.51. The van der Waals surface area contributed by atoms with Crippen molar-refractivity contribution in [1.82, 2.24) is 8.61 Å². The Hall–Kier alpha value is -0.660.